The summed E-state index contributed by atoms with van der Waals surface area (Å²) in [5.74, 6) is 0. The zero-order valence-corrected chi connectivity index (χ0v) is 12.0. The van der Waals surface area contributed by atoms with Crippen LogP contribution in [0.5, 0.6) is 0 Å². The first-order chi connectivity index (χ1) is 9.38. The zero-order valence-electron chi connectivity index (χ0n) is 11.2. The van der Waals surface area contributed by atoms with Crippen molar-refractivity contribution in [1.82, 2.24) is 0 Å². The van der Waals surface area contributed by atoms with Crippen molar-refractivity contribution in [2.24, 2.45) is 5.14 Å². The normalized spacial score (nSPS) is 11.3. The molecule has 0 aliphatic carbocycles. The third-order valence-corrected chi connectivity index (χ3v) is 3.99. The largest absolute Gasteiger partial charge is 0.398 e. The zero-order chi connectivity index (χ0) is 14.8. The van der Waals surface area contributed by atoms with Gasteiger partial charge in [0.15, 0.2) is 0 Å². The maximum Gasteiger partial charge on any atom is 0.240 e. The molecule has 2 rings (SSSR count). The molecule has 0 aromatic heterocycles. The van der Waals surface area contributed by atoms with E-state index in [1.165, 1.54) is 6.07 Å². The number of hydrogen-bond donors (Lipinski definition) is 2. The third kappa shape index (κ3) is 3.28. The Balaban J connectivity index is 2.24. The highest BCUT2D eigenvalue weighted by molar-refractivity contribution is 7.89. The molecule has 0 bridgehead atoms. The number of nitrogens with two attached hydrogens (primary N) is 2. The van der Waals surface area contributed by atoms with Crippen molar-refractivity contribution in [2.45, 2.75) is 11.4 Å². The van der Waals surface area contributed by atoms with Crippen molar-refractivity contribution < 1.29 is 8.42 Å². The maximum atomic E-state index is 11.3. The van der Waals surface area contributed by atoms with Crippen LogP contribution >= 0.6 is 0 Å². The highest BCUT2D eigenvalue weighted by atomic mass is 32.2. The van der Waals surface area contributed by atoms with E-state index >= 15 is 0 Å². The molecule has 0 aliphatic rings. The van der Waals surface area contributed by atoms with Gasteiger partial charge >= 0.3 is 0 Å². The number of sulfonamides is 1. The average Bonchev–Trinajstić information content (AvgIpc) is 2.38. The first kappa shape index (κ1) is 14.4. The van der Waals surface area contributed by atoms with E-state index in [1.807, 2.05) is 42.3 Å². The Labute approximate surface area is 118 Å². The van der Waals surface area contributed by atoms with Crippen molar-refractivity contribution >= 4 is 21.4 Å². The van der Waals surface area contributed by atoms with Crippen molar-refractivity contribution in [3.63, 3.8) is 0 Å². The first-order valence-electron chi connectivity index (χ1n) is 6.05. The number of rotatable bonds is 4. The van der Waals surface area contributed by atoms with Crippen LogP contribution in [0.1, 0.15) is 5.56 Å². The second-order valence-electron chi connectivity index (χ2n) is 4.61. The molecular weight excluding hydrogens is 274 g/mol. The van der Waals surface area contributed by atoms with Gasteiger partial charge < -0.3 is 10.6 Å². The van der Waals surface area contributed by atoms with Crippen LogP contribution in [0.2, 0.25) is 0 Å². The van der Waals surface area contributed by atoms with Crippen molar-refractivity contribution in [3.8, 4) is 0 Å². The molecule has 0 saturated carbocycles. The fraction of sp³-hybridized carbons (Fsp3) is 0.143. The van der Waals surface area contributed by atoms with Crippen LogP contribution in [-0.4, -0.2) is 15.5 Å². The van der Waals surface area contributed by atoms with Gasteiger partial charge in [0, 0.05) is 19.3 Å². The summed E-state index contributed by atoms with van der Waals surface area (Å²) in [4.78, 5) is 1.94. The van der Waals surface area contributed by atoms with Gasteiger partial charge in [-0.2, -0.15) is 0 Å². The molecule has 4 N–H and O–H groups in total. The van der Waals surface area contributed by atoms with E-state index in [1.54, 1.807) is 12.1 Å². The van der Waals surface area contributed by atoms with E-state index in [4.69, 9.17) is 10.9 Å². The Morgan fingerprint density at radius 3 is 2.30 bits per heavy atom. The molecule has 0 saturated heterocycles. The van der Waals surface area contributed by atoms with Crippen LogP contribution < -0.4 is 15.8 Å². The van der Waals surface area contributed by atoms with E-state index in [-0.39, 0.29) is 10.6 Å². The molecule has 5 nitrogen and oxygen atoms in total. The van der Waals surface area contributed by atoms with E-state index in [9.17, 15) is 8.42 Å². The summed E-state index contributed by atoms with van der Waals surface area (Å²) < 4.78 is 22.6. The number of nitrogens with zero attached hydrogens (tertiary/aromatic N) is 1. The number of anilines is 2. The summed E-state index contributed by atoms with van der Waals surface area (Å²) in [5, 5.41) is 5.09. The topological polar surface area (TPSA) is 89.4 Å². The quantitative estimate of drug-likeness (QED) is 0.836. The van der Waals surface area contributed by atoms with Crippen LogP contribution in [0.4, 0.5) is 11.4 Å². The lowest BCUT2D eigenvalue weighted by atomic mass is 10.2. The van der Waals surface area contributed by atoms with Crippen LogP contribution in [0, 0.1) is 0 Å². The van der Waals surface area contributed by atoms with Gasteiger partial charge in [-0.3, -0.25) is 0 Å². The highest BCUT2D eigenvalue weighted by Crippen LogP contribution is 2.24. The number of benzene rings is 2. The summed E-state index contributed by atoms with van der Waals surface area (Å²) in [7, 11) is -1.86. The Morgan fingerprint density at radius 2 is 1.75 bits per heavy atom. The molecule has 0 radical (unpaired) electrons. The molecule has 2 aromatic carbocycles. The predicted molar refractivity (Wildman–Crippen MR) is 80.8 cm³/mol. The van der Waals surface area contributed by atoms with E-state index in [2.05, 4.69) is 0 Å². The molecule has 6 heteroatoms. The van der Waals surface area contributed by atoms with Crippen LogP contribution in [0.25, 0.3) is 0 Å². The molecule has 0 fully saturated rings. The monoisotopic (exact) mass is 291 g/mol. The van der Waals surface area contributed by atoms with Crippen LogP contribution in [0.3, 0.4) is 0 Å². The Morgan fingerprint density at radius 1 is 1.10 bits per heavy atom. The van der Waals surface area contributed by atoms with Crippen molar-refractivity contribution in [3.05, 3.63) is 54.1 Å². The van der Waals surface area contributed by atoms with E-state index in [0.29, 0.717) is 6.54 Å². The predicted octanol–water partition coefficient (Wildman–Crippen LogP) is 1.55. The van der Waals surface area contributed by atoms with Gasteiger partial charge in [0.1, 0.15) is 4.90 Å². The SMILES string of the molecule is CN(Cc1ccccc1)c1ccc(S(N)(=O)=O)c(N)c1. The molecule has 0 amide bonds. The lowest BCUT2D eigenvalue weighted by Crippen LogP contribution is -2.18. The standard InChI is InChI=1S/C14H17N3O2S/c1-17(10-11-5-3-2-4-6-11)12-7-8-14(13(15)9-12)20(16,18)19/h2-9H,10,15H2,1H3,(H2,16,18,19). The fourth-order valence-electron chi connectivity index (χ4n) is 1.98. The Kier molecular flexibility index (Phi) is 3.96. The first-order valence-corrected chi connectivity index (χ1v) is 7.60. The summed E-state index contributed by atoms with van der Waals surface area (Å²) in [5.41, 5.74) is 7.90. The van der Waals surface area contributed by atoms with Gasteiger partial charge in [0.25, 0.3) is 0 Å². The van der Waals surface area contributed by atoms with Crippen molar-refractivity contribution in [2.75, 3.05) is 17.7 Å². The minimum absolute atomic E-state index is 0.0469. The van der Waals surface area contributed by atoms with Gasteiger partial charge in [-0.15, -0.1) is 0 Å². The van der Waals surface area contributed by atoms with Gasteiger partial charge in [-0.25, -0.2) is 13.6 Å². The van der Waals surface area contributed by atoms with E-state index < -0.39 is 10.0 Å². The summed E-state index contributed by atoms with van der Waals surface area (Å²) in [6.07, 6.45) is 0. The molecule has 0 aliphatic heterocycles. The molecule has 0 unspecified atom stereocenters. The molecular formula is C14H17N3O2S. The fourth-order valence-corrected chi connectivity index (χ4v) is 2.63. The Hall–Kier alpha value is -2.05. The third-order valence-electron chi connectivity index (χ3n) is 3.00. The molecule has 2 aromatic rings. The van der Waals surface area contributed by atoms with Gasteiger partial charge in [-0.05, 0) is 23.8 Å². The number of primary sulfonamides is 1. The smallest absolute Gasteiger partial charge is 0.240 e. The van der Waals surface area contributed by atoms with Gasteiger partial charge in [0.2, 0.25) is 10.0 Å². The Bertz CT molecular complexity index is 700. The van der Waals surface area contributed by atoms with Crippen LogP contribution in [0.15, 0.2) is 53.4 Å². The average molecular weight is 291 g/mol. The number of hydrogen-bond acceptors (Lipinski definition) is 4. The molecule has 20 heavy (non-hydrogen) atoms. The lowest BCUT2D eigenvalue weighted by Gasteiger charge is -2.20. The minimum Gasteiger partial charge on any atom is -0.398 e. The minimum atomic E-state index is -3.78. The van der Waals surface area contributed by atoms with Gasteiger partial charge in [0.05, 0.1) is 5.69 Å². The second-order valence-corrected chi connectivity index (χ2v) is 6.14. The molecule has 0 atom stereocenters. The summed E-state index contributed by atoms with van der Waals surface area (Å²) in [6.45, 7) is 0.703. The molecule has 0 heterocycles. The van der Waals surface area contributed by atoms with Gasteiger partial charge in [-0.1, -0.05) is 30.3 Å². The summed E-state index contributed by atoms with van der Waals surface area (Å²) in [6, 6.07) is 14.7. The van der Waals surface area contributed by atoms with Crippen LogP contribution in [-0.2, 0) is 16.6 Å². The maximum absolute atomic E-state index is 11.3. The summed E-state index contributed by atoms with van der Waals surface area (Å²) >= 11 is 0. The van der Waals surface area contributed by atoms with E-state index in [0.717, 1.165) is 11.3 Å². The lowest BCUT2D eigenvalue weighted by molar-refractivity contribution is 0.598. The molecule has 106 valence electrons. The second kappa shape index (κ2) is 5.52. The number of nitrogen functional groups attached to an aromatic ring is 1. The molecule has 0 spiro atoms. The van der Waals surface area contributed by atoms with Crippen molar-refractivity contribution in [1.29, 1.82) is 0 Å². The highest BCUT2D eigenvalue weighted by Gasteiger charge is 2.13.